The maximum atomic E-state index is 10.9. The molecular formula is C13H16N2O5. The van der Waals surface area contributed by atoms with E-state index in [1.807, 2.05) is 19.0 Å². The summed E-state index contributed by atoms with van der Waals surface area (Å²) in [5.74, 6) is -0.956. The van der Waals surface area contributed by atoms with Crippen molar-refractivity contribution in [2.24, 2.45) is 0 Å². The van der Waals surface area contributed by atoms with Crippen LogP contribution in [0.3, 0.4) is 0 Å². The van der Waals surface area contributed by atoms with Crippen molar-refractivity contribution >= 4 is 17.7 Å². The maximum absolute atomic E-state index is 10.9. The minimum atomic E-state index is -1.08. The highest BCUT2D eigenvalue weighted by atomic mass is 16.6. The van der Waals surface area contributed by atoms with Gasteiger partial charge in [-0.25, -0.2) is 4.79 Å². The van der Waals surface area contributed by atoms with Crippen LogP contribution in [0.4, 0.5) is 5.69 Å². The molecule has 7 nitrogen and oxygen atoms in total. The average Bonchev–Trinajstić information content (AvgIpc) is 2.35. The third kappa shape index (κ3) is 5.07. The SMILES string of the molecule is CN(C)CCOc1cc(C=CC(=O)O)ccc1[N+](=O)[O-]. The second kappa shape index (κ2) is 7.25. The molecule has 0 aliphatic carbocycles. The zero-order valence-electron chi connectivity index (χ0n) is 11.3. The van der Waals surface area contributed by atoms with Crippen molar-refractivity contribution < 1.29 is 19.6 Å². The molecule has 108 valence electrons. The van der Waals surface area contributed by atoms with Gasteiger partial charge in [0.15, 0.2) is 5.75 Å². The Balaban J connectivity index is 2.93. The van der Waals surface area contributed by atoms with Gasteiger partial charge in [-0.15, -0.1) is 0 Å². The van der Waals surface area contributed by atoms with E-state index in [0.717, 1.165) is 6.08 Å². The first-order valence-electron chi connectivity index (χ1n) is 5.87. The van der Waals surface area contributed by atoms with Crippen LogP contribution in [0.15, 0.2) is 24.3 Å². The molecule has 0 saturated carbocycles. The van der Waals surface area contributed by atoms with E-state index in [-0.39, 0.29) is 11.4 Å². The number of nitrogens with zero attached hydrogens (tertiary/aromatic N) is 2. The zero-order chi connectivity index (χ0) is 15.1. The molecule has 0 aliphatic heterocycles. The molecule has 0 unspecified atom stereocenters. The van der Waals surface area contributed by atoms with Gasteiger partial charge in [0.05, 0.1) is 4.92 Å². The predicted molar refractivity (Wildman–Crippen MR) is 73.8 cm³/mol. The number of rotatable bonds is 7. The first-order chi connectivity index (χ1) is 9.40. The van der Waals surface area contributed by atoms with Crippen LogP contribution in [-0.2, 0) is 4.79 Å². The fourth-order valence-electron chi connectivity index (χ4n) is 1.41. The number of carboxylic acid groups (broad SMARTS) is 1. The van der Waals surface area contributed by atoms with E-state index in [1.54, 1.807) is 0 Å². The van der Waals surface area contributed by atoms with Crippen LogP contribution in [0, 0.1) is 10.1 Å². The number of likely N-dealkylation sites (N-methyl/N-ethyl adjacent to an activating group) is 1. The first-order valence-corrected chi connectivity index (χ1v) is 5.87. The van der Waals surface area contributed by atoms with Crippen molar-refractivity contribution in [2.75, 3.05) is 27.2 Å². The fraction of sp³-hybridized carbons (Fsp3) is 0.308. The lowest BCUT2D eigenvalue weighted by molar-refractivity contribution is -0.385. The number of nitro benzene ring substituents is 1. The highest BCUT2D eigenvalue weighted by Gasteiger charge is 2.15. The standard InChI is InChI=1S/C13H16N2O5/c1-14(2)7-8-20-12-9-10(4-6-13(16)17)3-5-11(12)15(18)19/h3-6,9H,7-8H2,1-2H3,(H,16,17). The van der Waals surface area contributed by atoms with Crippen LogP contribution < -0.4 is 4.74 Å². The minimum Gasteiger partial charge on any atom is -0.485 e. The van der Waals surface area contributed by atoms with E-state index in [2.05, 4.69) is 0 Å². The Morgan fingerprint density at radius 3 is 2.75 bits per heavy atom. The summed E-state index contributed by atoms with van der Waals surface area (Å²) in [6, 6.07) is 4.22. The zero-order valence-corrected chi connectivity index (χ0v) is 11.3. The molecule has 0 spiro atoms. The second-order valence-corrected chi connectivity index (χ2v) is 4.31. The summed E-state index contributed by atoms with van der Waals surface area (Å²) < 4.78 is 5.39. The van der Waals surface area contributed by atoms with Gasteiger partial charge in [0.2, 0.25) is 0 Å². The third-order valence-corrected chi connectivity index (χ3v) is 2.39. The number of carboxylic acids is 1. The smallest absolute Gasteiger partial charge is 0.328 e. The van der Waals surface area contributed by atoms with Crippen LogP contribution >= 0.6 is 0 Å². The molecular weight excluding hydrogens is 264 g/mol. The summed E-state index contributed by atoms with van der Waals surface area (Å²) in [4.78, 5) is 22.7. The Kier molecular flexibility index (Phi) is 5.67. The van der Waals surface area contributed by atoms with Gasteiger partial charge in [0, 0.05) is 18.7 Å². The maximum Gasteiger partial charge on any atom is 0.328 e. The van der Waals surface area contributed by atoms with Gasteiger partial charge in [-0.3, -0.25) is 10.1 Å². The summed E-state index contributed by atoms with van der Waals surface area (Å²) in [6.07, 6.45) is 2.32. The van der Waals surface area contributed by atoms with Crippen molar-refractivity contribution in [3.63, 3.8) is 0 Å². The average molecular weight is 280 g/mol. The molecule has 1 aromatic rings. The molecule has 1 aromatic carbocycles. The quantitative estimate of drug-likeness (QED) is 0.463. The van der Waals surface area contributed by atoms with Gasteiger partial charge < -0.3 is 14.7 Å². The van der Waals surface area contributed by atoms with E-state index >= 15 is 0 Å². The van der Waals surface area contributed by atoms with Gasteiger partial charge in [0.1, 0.15) is 6.61 Å². The molecule has 0 atom stereocenters. The summed E-state index contributed by atoms with van der Waals surface area (Å²) in [5.41, 5.74) is 0.383. The van der Waals surface area contributed by atoms with Crippen LogP contribution in [0.25, 0.3) is 6.08 Å². The number of nitro groups is 1. The molecule has 0 saturated heterocycles. The highest BCUT2D eigenvalue weighted by molar-refractivity contribution is 5.85. The van der Waals surface area contributed by atoms with Crippen molar-refractivity contribution in [1.29, 1.82) is 0 Å². The minimum absolute atomic E-state index is 0.129. The lowest BCUT2D eigenvalue weighted by atomic mass is 10.1. The Hall–Kier alpha value is -2.41. The van der Waals surface area contributed by atoms with E-state index in [4.69, 9.17) is 9.84 Å². The molecule has 1 N–H and O–H groups in total. The summed E-state index contributed by atoms with van der Waals surface area (Å²) in [6.45, 7) is 0.923. The molecule has 0 fully saturated rings. The van der Waals surface area contributed by atoms with Crippen LogP contribution in [-0.4, -0.2) is 48.1 Å². The van der Waals surface area contributed by atoms with Gasteiger partial charge in [-0.05, 0) is 37.9 Å². The molecule has 0 aliphatic rings. The lowest BCUT2D eigenvalue weighted by Crippen LogP contribution is -2.19. The van der Waals surface area contributed by atoms with Gasteiger partial charge >= 0.3 is 11.7 Å². The normalized spacial score (nSPS) is 10.9. The molecule has 0 radical (unpaired) electrons. The Morgan fingerprint density at radius 2 is 2.20 bits per heavy atom. The molecule has 0 bridgehead atoms. The molecule has 0 heterocycles. The van der Waals surface area contributed by atoms with Crippen molar-refractivity contribution in [1.82, 2.24) is 4.90 Å². The summed E-state index contributed by atoms with van der Waals surface area (Å²) in [5, 5.41) is 19.5. The summed E-state index contributed by atoms with van der Waals surface area (Å²) in [7, 11) is 3.73. The number of benzene rings is 1. The number of hydrogen-bond acceptors (Lipinski definition) is 5. The fourth-order valence-corrected chi connectivity index (χ4v) is 1.41. The predicted octanol–water partition coefficient (Wildman–Crippen LogP) is 1.63. The third-order valence-electron chi connectivity index (χ3n) is 2.39. The van der Waals surface area contributed by atoms with E-state index in [1.165, 1.54) is 24.3 Å². The molecule has 20 heavy (non-hydrogen) atoms. The number of aliphatic carboxylic acids is 1. The highest BCUT2D eigenvalue weighted by Crippen LogP contribution is 2.28. The summed E-state index contributed by atoms with van der Waals surface area (Å²) >= 11 is 0. The Bertz CT molecular complexity index is 525. The number of hydrogen-bond donors (Lipinski definition) is 1. The molecule has 7 heteroatoms. The molecule has 0 aromatic heterocycles. The Morgan fingerprint density at radius 1 is 1.50 bits per heavy atom. The Labute approximate surface area is 116 Å². The van der Waals surface area contributed by atoms with Crippen molar-refractivity contribution in [3.05, 3.63) is 40.0 Å². The van der Waals surface area contributed by atoms with Gasteiger partial charge in [0.25, 0.3) is 0 Å². The van der Waals surface area contributed by atoms with Crippen molar-refractivity contribution in [2.45, 2.75) is 0 Å². The van der Waals surface area contributed by atoms with Crippen molar-refractivity contribution in [3.8, 4) is 5.75 Å². The topological polar surface area (TPSA) is 92.9 Å². The van der Waals surface area contributed by atoms with E-state index in [0.29, 0.717) is 18.7 Å². The van der Waals surface area contributed by atoms with Crippen LogP contribution in [0.5, 0.6) is 5.75 Å². The van der Waals surface area contributed by atoms with Crippen LogP contribution in [0.2, 0.25) is 0 Å². The first kappa shape index (κ1) is 15.6. The lowest BCUT2D eigenvalue weighted by Gasteiger charge is -2.11. The monoisotopic (exact) mass is 280 g/mol. The van der Waals surface area contributed by atoms with Crippen LogP contribution in [0.1, 0.15) is 5.56 Å². The second-order valence-electron chi connectivity index (χ2n) is 4.31. The van der Waals surface area contributed by atoms with E-state index in [9.17, 15) is 14.9 Å². The molecule has 1 rings (SSSR count). The molecule has 0 amide bonds. The number of carbonyl (C=O) groups is 1. The van der Waals surface area contributed by atoms with Gasteiger partial charge in [-0.1, -0.05) is 0 Å². The number of ether oxygens (including phenoxy) is 1. The van der Waals surface area contributed by atoms with E-state index < -0.39 is 10.9 Å². The van der Waals surface area contributed by atoms with Gasteiger partial charge in [-0.2, -0.15) is 0 Å². The largest absolute Gasteiger partial charge is 0.485 e.